The maximum absolute atomic E-state index is 6.23. The molecule has 1 aliphatic rings. The number of benzene rings is 2. The first-order valence-corrected chi connectivity index (χ1v) is 8.13. The van der Waals surface area contributed by atoms with Gasteiger partial charge in [0.15, 0.2) is 5.82 Å². The maximum atomic E-state index is 6.23. The number of halogens is 1. The summed E-state index contributed by atoms with van der Waals surface area (Å²) in [5.41, 5.74) is 4.17. The maximum Gasteiger partial charge on any atom is 0.229 e. The Hall–Kier alpha value is -2.79. The van der Waals surface area contributed by atoms with Crippen LogP contribution in [0.3, 0.4) is 0 Å². The molecule has 0 spiro atoms. The quantitative estimate of drug-likeness (QED) is 0.560. The van der Waals surface area contributed by atoms with Gasteiger partial charge in [-0.1, -0.05) is 29.8 Å². The molecule has 1 aromatic heterocycles. The van der Waals surface area contributed by atoms with Crippen LogP contribution in [-0.4, -0.2) is 16.5 Å². The first-order chi connectivity index (χ1) is 11.8. The van der Waals surface area contributed by atoms with E-state index in [4.69, 9.17) is 11.6 Å². The van der Waals surface area contributed by atoms with Crippen LogP contribution >= 0.6 is 11.6 Å². The van der Waals surface area contributed by atoms with E-state index in [1.165, 1.54) is 5.56 Å². The van der Waals surface area contributed by atoms with Gasteiger partial charge in [-0.25, -0.2) is 4.98 Å². The van der Waals surface area contributed by atoms with Crippen LogP contribution in [0.1, 0.15) is 5.56 Å². The topological polar surface area (TPSA) is 61.9 Å². The van der Waals surface area contributed by atoms with Crippen molar-refractivity contribution in [1.82, 2.24) is 9.97 Å². The first kappa shape index (κ1) is 14.8. The van der Waals surface area contributed by atoms with Gasteiger partial charge in [0.05, 0.1) is 6.20 Å². The molecular weight excluding hydrogens is 322 g/mol. The Kier molecular flexibility index (Phi) is 3.92. The SMILES string of the molecule is Clc1cnc2nc1Nc1cccc(c1)CCNc1cccc(c1)N2. The average Bonchev–Trinajstić information content (AvgIpc) is 2.58. The standard InChI is InChI=1S/C18H16ClN5/c19-16-11-21-18-23-15-6-2-4-13(10-15)20-8-7-12-3-1-5-14(9-12)22-17(16)24-18/h1-6,9-11,20H,7-8H2,(H2,21,22,23,24). The highest BCUT2D eigenvalue weighted by atomic mass is 35.5. The molecule has 0 radical (unpaired) electrons. The fourth-order valence-corrected chi connectivity index (χ4v) is 2.78. The van der Waals surface area contributed by atoms with Crippen molar-refractivity contribution in [2.75, 3.05) is 22.5 Å². The van der Waals surface area contributed by atoms with Crippen molar-refractivity contribution in [3.63, 3.8) is 0 Å². The van der Waals surface area contributed by atoms with E-state index in [2.05, 4.69) is 38.1 Å². The van der Waals surface area contributed by atoms with Gasteiger partial charge in [0.2, 0.25) is 5.95 Å². The second-order valence-electron chi connectivity index (χ2n) is 5.60. The zero-order valence-electron chi connectivity index (χ0n) is 12.9. The molecule has 1 aliphatic heterocycles. The minimum absolute atomic E-state index is 0.480. The molecule has 2 heterocycles. The number of anilines is 5. The minimum atomic E-state index is 0.480. The van der Waals surface area contributed by atoms with E-state index in [0.717, 1.165) is 30.0 Å². The van der Waals surface area contributed by atoms with Gasteiger partial charge in [-0.15, -0.1) is 0 Å². The lowest BCUT2D eigenvalue weighted by Crippen LogP contribution is -2.07. The number of hydrogen-bond donors (Lipinski definition) is 3. The molecule has 4 rings (SSSR count). The lowest BCUT2D eigenvalue weighted by atomic mass is 10.1. The van der Waals surface area contributed by atoms with Crippen molar-refractivity contribution in [1.29, 1.82) is 0 Å². The summed E-state index contributed by atoms with van der Waals surface area (Å²) in [6.45, 7) is 0.857. The summed E-state index contributed by atoms with van der Waals surface area (Å²) in [7, 11) is 0. The number of aromatic nitrogens is 2. The van der Waals surface area contributed by atoms with E-state index in [-0.39, 0.29) is 0 Å². The number of hydrogen-bond acceptors (Lipinski definition) is 5. The van der Waals surface area contributed by atoms with Gasteiger partial charge in [0, 0.05) is 23.6 Å². The summed E-state index contributed by atoms with van der Waals surface area (Å²) in [5.74, 6) is 1.07. The van der Waals surface area contributed by atoms with Gasteiger partial charge in [0.25, 0.3) is 0 Å². The van der Waals surface area contributed by atoms with Gasteiger partial charge < -0.3 is 16.0 Å². The molecular formula is C18H16ClN5. The Morgan fingerprint density at radius 1 is 0.917 bits per heavy atom. The molecule has 3 aromatic rings. The van der Waals surface area contributed by atoms with Crippen molar-refractivity contribution in [3.8, 4) is 0 Å². The van der Waals surface area contributed by atoms with Crippen LogP contribution < -0.4 is 16.0 Å². The van der Waals surface area contributed by atoms with E-state index in [1.54, 1.807) is 6.20 Å². The van der Waals surface area contributed by atoms with Crippen molar-refractivity contribution in [2.24, 2.45) is 0 Å². The Labute approximate surface area is 145 Å². The van der Waals surface area contributed by atoms with Crippen molar-refractivity contribution in [3.05, 3.63) is 65.3 Å². The lowest BCUT2D eigenvalue weighted by Gasteiger charge is -2.14. The molecule has 6 bridgehead atoms. The van der Waals surface area contributed by atoms with Crippen LogP contribution in [0.15, 0.2) is 54.7 Å². The normalized spacial score (nSPS) is 13.0. The molecule has 0 atom stereocenters. The van der Waals surface area contributed by atoms with Crippen LogP contribution in [0.2, 0.25) is 5.02 Å². The second-order valence-corrected chi connectivity index (χ2v) is 6.01. The Balaban J connectivity index is 1.77. The summed E-state index contributed by atoms with van der Waals surface area (Å²) in [6.07, 6.45) is 2.52. The molecule has 120 valence electrons. The van der Waals surface area contributed by atoms with Gasteiger partial charge >= 0.3 is 0 Å². The Bertz CT molecular complexity index is 881. The molecule has 5 nitrogen and oxygen atoms in total. The molecule has 2 aromatic carbocycles. The molecule has 0 fully saturated rings. The zero-order chi connectivity index (χ0) is 16.4. The average molecular weight is 338 g/mol. The third kappa shape index (κ3) is 3.26. The van der Waals surface area contributed by atoms with Crippen molar-refractivity contribution in [2.45, 2.75) is 6.42 Å². The van der Waals surface area contributed by atoms with Crippen molar-refractivity contribution >= 4 is 40.4 Å². The fourth-order valence-electron chi connectivity index (χ4n) is 2.64. The Morgan fingerprint density at radius 3 is 2.62 bits per heavy atom. The van der Waals surface area contributed by atoms with Crippen LogP contribution in [0.25, 0.3) is 0 Å². The number of nitrogens with zero attached hydrogens (tertiary/aromatic N) is 2. The van der Waals surface area contributed by atoms with E-state index < -0.39 is 0 Å². The third-order valence-corrected chi connectivity index (χ3v) is 4.07. The van der Waals surface area contributed by atoms with Gasteiger partial charge in [-0.05, 0) is 42.3 Å². The predicted octanol–water partition coefficient (Wildman–Crippen LogP) is 4.59. The number of rotatable bonds is 0. The fraction of sp³-hybridized carbons (Fsp3) is 0.111. The summed E-state index contributed by atoms with van der Waals surface area (Å²) in [5, 5.41) is 10.4. The van der Waals surface area contributed by atoms with Gasteiger partial charge in [-0.2, -0.15) is 4.98 Å². The first-order valence-electron chi connectivity index (χ1n) is 7.76. The van der Waals surface area contributed by atoms with E-state index in [9.17, 15) is 0 Å². The summed E-state index contributed by atoms with van der Waals surface area (Å²) in [6, 6.07) is 16.3. The van der Waals surface area contributed by atoms with E-state index >= 15 is 0 Å². The molecule has 0 saturated heterocycles. The van der Waals surface area contributed by atoms with Crippen LogP contribution in [0.4, 0.5) is 28.8 Å². The monoisotopic (exact) mass is 337 g/mol. The predicted molar refractivity (Wildman–Crippen MR) is 98.7 cm³/mol. The molecule has 6 heteroatoms. The van der Waals surface area contributed by atoms with Crippen LogP contribution in [-0.2, 0) is 6.42 Å². The van der Waals surface area contributed by atoms with Gasteiger partial charge in [0.1, 0.15) is 5.02 Å². The molecule has 0 amide bonds. The van der Waals surface area contributed by atoms with Crippen LogP contribution in [0, 0.1) is 0 Å². The highest BCUT2D eigenvalue weighted by Crippen LogP contribution is 2.26. The molecule has 0 unspecified atom stereocenters. The summed E-state index contributed by atoms with van der Waals surface area (Å²) < 4.78 is 0. The van der Waals surface area contributed by atoms with Crippen molar-refractivity contribution < 1.29 is 0 Å². The van der Waals surface area contributed by atoms with Crippen LogP contribution in [0.5, 0.6) is 0 Å². The Morgan fingerprint density at radius 2 is 1.71 bits per heavy atom. The molecule has 0 saturated carbocycles. The highest BCUT2D eigenvalue weighted by Gasteiger charge is 2.08. The second kappa shape index (κ2) is 6.37. The minimum Gasteiger partial charge on any atom is -0.385 e. The molecule has 0 aliphatic carbocycles. The highest BCUT2D eigenvalue weighted by molar-refractivity contribution is 6.32. The smallest absolute Gasteiger partial charge is 0.229 e. The molecule has 3 N–H and O–H groups in total. The third-order valence-electron chi connectivity index (χ3n) is 3.80. The largest absolute Gasteiger partial charge is 0.385 e. The number of fused-ring (bicyclic) bond motifs is 6. The van der Waals surface area contributed by atoms with Gasteiger partial charge in [-0.3, -0.25) is 0 Å². The molecule has 24 heavy (non-hydrogen) atoms. The summed E-state index contributed by atoms with van der Waals surface area (Å²) in [4.78, 5) is 8.73. The summed E-state index contributed by atoms with van der Waals surface area (Å²) >= 11 is 6.23. The lowest BCUT2D eigenvalue weighted by molar-refractivity contribution is 1.02. The van der Waals surface area contributed by atoms with E-state index in [1.807, 2.05) is 36.4 Å². The zero-order valence-corrected chi connectivity index (χ0v) is 13.6. The van der Waals surface area contributed by atoms with E-state index in [0.29, 0.717) is 16.8 Å². The number of nitrogens with one attached hydrogen (secondary N) is 3.